The summed E-state index contributed by atoms with van der Waals surface area (Å²) in [5.74, 6) is 0.00884. The molecule has 0 saturated carbocycles. The molecule has 0 aliphatic rings. The lowest BCUT2D eigenvalue weighted by Crippen LogP contribution is -2.34. The molecule has 2 N–H and O–H groups in total. The second-order valence-corrected chi connectivity index (χ2v) is 3.86. The summed E-state index contributed by atoms with van der Waals surface area (Å²) in [5.41, 5.74) is 0. The van der Waals surface area contributed by atoms with Crippen molar-refractivity contribution in [2.24, 2.45) is 0 Å². The van der Waals surface area contributed by atoms with Crippen LogP contribution in [0.15, 0.2) is 11.6 Å². The summed E-state index contributed by atoms with van der Waals surface area (Å²) in [5, 5.41) is 8.62. The van der Waals surface area contributed by atoms with E-state index < -0.39 is 0 Å². The van der Waals surface area contributed by atoms with Crippen LogP contribution < -0.4 is 10.6 Å². The van der Waals surface area contributed by atoms with Crippen LogP contribution in [0.5, 0.6) is 0 Å². The van der Waals surface area contributed by atoms with Crippen molar-refractivity contribution in [3.8, 4) is 0 Å². The molecule has 1 aromatic rings. The minimum Gasteiger partial charge on any atom is -0.346 e. The molecule has 0 aromatic carbocycles. The molecule has 14 heavy (non-hydrogen) atoms. The molecule has 78 valence electrons. The van der Waals surface area contributed by atoms with Gasteiger partial charge < -0.3 is 10.6 Å². The van der Waals surface area contributed by atoms with Crippen molar-refractivity contribution >= 4 is 17.2 Å². The number of carbonyl (C=O) groups excluding carboxylic acids is 1. The van der Waals surface area contributed by atoms with Crippen LogP contribution in [0.25, 0.3) is 0 Å². The average molecular weight is 213 g/mol. The van der Waals surface area contributed by atoms with Gasteiger partial charge in [0.05, 0.1) is 12.6 Å². The first kappa shape index (κ1) is 11.1. The van der Waals surface area contributed by atoms with E-state index in [9.17, 15) is 4.79 Å². The molecule has 1 heterocycles. The molecule has 1 amide bonds. The number of hydrogen-bond donors (Lipinski definition) is 2. The fraction of sp³-hybridized carbons (Fsp3) is 0.556. The summed E-state index contributed by atoms with van der Waals surface area (Å²) in [6, 6.07) is 0.0517. The molecule has 0 fully saturated rings. The van der Waals surface area contributed by atoms with E-state index in [1.165, 1.54) is 0 Å². The number of carbonyl (C=O) groups is 1. The third kappa shape index (κ3) is 3.08. The Kier molecular flexibility index (Phi) is 4.55. The minimum atomic E-state index is 0.00884. The number of thiazole rings is 1. The van der Waals surface area contributed by atoms with E-state index in [2.05, 4.69) is 15.6 Å². The van der Waals surface area contributed by atoms with Gasteiger partial charge in [-0.2, -0.15) is 0 Å². The lowest BCUT2D eigenvalue weighted by atomic mass is 10.2. The predicted molar refractivity (Wildman–Crippen MR) is 57.2 cm³/mol. The molecular formula is C9H15N3OS. The van der Waals surface area contributed by atoms with Crippen LogP contribution in [-0.4, -0.2) is 24.5 Å². The average Bonchev–Trinajstić information content (AvgIpc) is 2.67. The molecule has 1 unspecified atom stereocenters. The Hall–Kier alpha value is -0.940. The van der Waals surface area contributed by atoms with Crippen LogP contribution in [0.1, 0.15) is 24.4 Å². The Balaban J connectivity index is 2.51. The van der Waals surface area contributed by atoms with Crippen molar-refractivity contribution in [3.63, 3.8) is 0 Å². The lowest BCUT2D eigenvalue weighted by Gasteiger charge is -2.13. The van der Waals surface area contributed by atoms with E-state index in [-0.39, 0.29) is 11.9 Å². The highest BCUT2D eigenvalue weighted by Crippen LogP contribution is 2.18. The van der Waals surface area contributed by atoms with Crippen LogP contribution >= 0.6 is 11.3 Å². The molecular weight excluding hydrogens is 198 g/mol. The van der Waals surface area contributed by atoms with Gasteiger partial charge in [-0.3, -0.25) is 4.79 Å². The van der Waals surface area contributed by atoms with Gasteiger partial charge in [0.25, 0.3) is 0 Å². The Morgan fingerprint density at radius 1 is 1.71 bits per heavy atom. The Morgan fingerprint density at radius 3 is 3.00 bits per heavy atom. The highest BCUT2D eigenvalue weighted by atomic mass is 32.1. The van der Waals surface area contributed by atoms with Gasteiger partial charge in [0, 0.05) is 11.6 Å². The molecule has 0 radical (unpaired) electrons. The van der Waals surface area contributed by atoms with Crippen LogP contribution in [-0.2, 0) is 4.79 Å². The van der Waals surface area contributed by atoms with E-state index in [1.807, 2.05) is 12.3 Å². The molecule has 4 nitrogen and oxygen atoms in total. The first-order valence-electron chi connectivity index (χ1n) is 4.61. The standard InChI is InChI=1S/C9H15N3OS/c1-3-7(9-11-4-5-14-9)12-8(13)6-10-2/h4-5,7,10H,3,6H2,1-2H3,(H,12,13). The van der Waals surface area contributed by atoms with Crippen LogP contribution in [0.3, 0.4) is 0 Å². The molecule has 5 heteroatoms. The smallest absolute Gasteiger partial charge is 0.234 e. The Bertz CT molecular complexity index is 274. The first-order chi connectivity index (χ1) is 6.77. The molecule has 1 atom stereocenters. The van der Waals surface area contributed by atoms with Gasteiger partial charge in [0.1, 0.15) is 5.01 Å². The number of hydrogen-bond acceptors (Lipinski definition) is 4. The summed E-state index contributed by atoms with van der Waals surface area (Å²) in [6.45, 7) is 2.38. The van der Waals surface area contributed by atoms with Crippen LogP contribution in [0.4, 0.5) is 0 Å². The van der Waals surface area contributed by atoms with E-state index in [4.69, 9.17) is 0 Å². The monoisotopic (exact) mass is 213 g/mol. The van der Waals surface area contributed by atoms with E-state index in [0.717, 1.165) is 11.4 Å². The van der Waals surface area contributed by atoms with E-state index in [0.29, 0.717) is 6.54 Å². The second-order valence-electron chi connectivity index (χ2n) is 2.93. The van der Waals surface area contributed by atoms with Crippen molar-refractivity contribution < 1.29 is 4.79 Å². The van der Waals surface area contributed by atoms with Gasteiger partial charge in [0.15, 0.2) is 0 Å². The van der Waals surface area contributed by atoms with Crippen LogP contribution in [0.2, 0.25) is 0 Å². The SMILES string of the molecule is CCC(NC(=O)CNC)c1nccs1. The number of likely N-dealkylation sites (N-methyl/N-ethyl adjacent to an activating group) is 1. The van der Waals surface area contributed by atoms with E-state index >= 15 is 0 Å². The molecule has 0 bridgehead atoms. The van der Waals surface area contributed by atoms with E-state index in [1.54, 1.807) is 24.6 Å². The van der Waals surface area contributed by atoms with Gasteiger partial charge in [-0.05, 0) is 13.5 Å². The summed E-state index contributed by atoms with van der Waals surface area (Å²) in [6.07, 6.45) is 2.62. The molecule has 0 saturated heterocycles. The zero-order valence-electron chi connectivity index (χ0n) is 8.41. The number of amides is 1. The minimum absolute atomic E-state index is 0.00884. The number of aromatic nitrogens is 1. The second kappa shape index (κ2) is 5.72. The Morgan fingerprint density at radius 2 is 2.50 bits per heavy atom. The fourth-order valence-corrected chi connectivity index (χ4v) is 1.92. The van der Waals surface area contributed by atoms with Crippen molar-refractivity contribution in [3.05, 3.63) is 16.6 Å². The summed E-state index contributed by atoms with van der Waals surface area (Å²) in [4.78, 5) is 15.5. The highest BCUT2D eigenvalue weighted by Gasteiger charge is 2.13. The molecule has 0 spiro atoms. The van der Waals surface area contributed by atoms with Crippen LogP contribution in [0, 0.1) is 0 Å². The summed E-state index contributed by atoms with van der Waals surface area (Å²) >= 11 is 1.57. The molecule has 0 aliphatic heterocycles. The maximum Gasteiger partial charge on any atom is 0.234 e. The quantitative estimate of drug-likeness (QED) is 0.765. The summed E-state index contributed by atoms with van der Waals surface area (Å²) < 4.78 is 0. The van der Waals surface area contributed by atoms with Gasteiger partial charge in [0.2, 0.25) is 5.91 Å². The van der Waals surface area contributed by atoms with Gasteiger partial charge in [-0.1, -0.05) is 6.92 Å². The molecule has 1 rings (SSSR count). The third-order valence-corrected chi connectivity index (χ3v) is 2.72. The van der Waals surface area contributed by atoms with Gasteiger partial charge in [-0.15, -0.1) is 11.3 Å². The van der Waals surface area contributed by atoms with Crippen molar-refractivity contribution in [1.82, 2.24) is 15.6 Å². The largest absolute Gasteiger partial charge is 0.346 e. The maximum absolute atomic E-state index is 11.3. The molecule has 1 aromatic heterocycles. The number of nitrogens with zero attached hydrogens (tertiary/aromatic N) is 1. The fourth-order valence-electron chi connectivity index (χ4n) is 1.15. The van der Waals surface area contributed by atoms with Crippen molar-refractivity contribution in [2.45, 2.75) is 19.4 Å². The Labute approximate surface area is 87.7 Å². The normalized spacial score (nSPS) is 12.4. The molecule has 0 aliphatic carbocycles. The predicted octanol–water partition coefficient (Wildman–Crippen LogP) is 0.930. The third-order valence-electron chi connectivity index (χ3n) is 1.83. The maximum atomic E-state index is 11.3. The number of rotatable bonds is 5. The first-order valence-corrected chi connectivity index (χ1v) is 5.49. The van der Waals surface area contributed by atoms with Crippen molar-refractivity contribution in [1.29, 1.82) is 0 Å². The summed E-state index contributed by atoms with van der Waals surface area (Å²) in [7, 11) is 1.75. The highest BCUT2D eigenvalue weighted by molar-refractivity contribution is 7.09. The number of nitrogens with one attached hydrogen (secondary N) is 2. The van der Waals surface area contributed by atoms with Crippen molar-refractivity contribution in [2.75, 3.05) is 13.6 Å². The van der Waals surface area contributed by atoms with Gasteiger partial charge >= 0.3 is 0 Å². The zero-order chi connectivity index (χ0) is 10.4. The topological polar surface area (TPSA) is 54.0 Å². The zero-order valence-corrected chi connectivity index (χ0v) is 9.23. The van der Waals surface area contributed by atoms with Gasteiger partial charge in [-0.25, -0.2) is 4.98 Å². The lowest BCUT2D eigenvalue weighted by molar-refractivity contribution is -0.120.